The SMILES string of the molecule is NC(=O)C(N)CC1CC2(CCC2)NC1=O. The van der Waals surface area contributed by atoms with Crippen LogP contribution in [0, 0.1) is 5.92 Å². The minimum Gasteiger partial charge on any atom is -0.368 e. The molecule has 2 unspecified atom stereocenters. The van der Waals surface area contributed by atoms with E-state index in [0.29, 0.717) is 6.42 Å². The highest BCUT2D eigenvalue weighted by Gasteiger charge is 2.48. The van der Waals surface area contributed by atoms with Crippen LogP contribution in [0.3, 0.4) is 0 Å². The zero-order chi connectivity index (χ0) is 11.1. The molecule has 0 aromatic heterocycles. The number of primary amides is 1. The Labute approximate surface area is 88.6 Å². The summed E-state index contributed by atoms with van der Waals surface area (Å²) in [7, 11) is 0. The summed E-state index contributed by atoms with van der Waals surface area (Å²) >= 11 is 0. The molecule has 5 N–H and O–H groups in total. The van der Waals surface area contributed by atoms with Gasteiger partial charge in [-0.1, -0.05) is 0 Å². The van der Waals surface area contributed by atoms with Gasteiger partial charge in [-0.05, 0) is 32.1 Å². The Kier molecular flexibility index (Phi) is 2.42. The number of carbonyl (C=O) groups is 2. The molecule has 2 rings (SSSR count). The monoisotopic (exact) mass is 211 g/mol. The van der Waals surface area contributed by atoms with Gasteiger partial charge in [-0.25, -0.2) is 0 Å². The summed E-state index contributed by atoms with van der Waals surface area (Å²) in [5.74, 6) is -0.628. The van der Waals surface area contributed by atoms with Crippen LogP contribution in [0.5, 0.6) is 0 Å². The van der Waals surface area contributed by atoms with Gasteiger partial charge in [0.15, 0.2) is 0 Å². The predicted molar refractivity (Wildman–Crippen MR) is 54.6 cm³/mol. The van der Waals surface area contributed by atoms with Crippen LogP contribution in [0.4, 0.5) is 0 Å². The molecule has 2 fully saturated rings. The number of rotatable bonds is 3. The number of nitrogens with one attached hydrogen (secondary N) is 1. The van der Waals surface area contributed by atoms with E-state index in [1.54, 1.807) is 0 Å². The molecular weight excluding hydrogens is 194 g/mol. The number of carbonyl (C=O) groups excluding carboxylic acids is 2. The molecule has 2 amide bonds. The van der Waals surface area contributed by atoms with Crippen molar-refractivity contribution in [1.82, 2.24) is 5.32 Å². The van der Waals surface area contributed by atoms with Crippen LogP contribution in [-0.2, 0) is 9.59 Å². The minimum atomic E-state index is -0.698. The summed E-state index contributed by atoms with van der Waals surface area (Å²) in [6.07, 6.45) is 4.48. The first kappa shape index (κ1) is 10.4. The molecule has 0 aromatic carbocycles. The van der Waals surface area contributed by atoms with E-state index in [0.717, 1.165) is 19.3 Å². The summed E-state index contributed by atoms with van der Waals surface area (Å²) in [6.45, 7) is 0. The maximum absolute atomic E-state index is 11.6. The molecule has 0 radical (unpaired) electrons. The Bertz CT molecular complexity index is 299. The van der Waals surface area contributed by atoms with Crippen molar-refractivity contribution >= 4 is 11.8 Å². The van der Waals surface area contributed by atoms with Gasteiger partial charge in [0, 0.05) is 11.5 Å². The highest BCUT2D eigenvalue weighted by molar-refractivity contribution is 5.84. The Morgan fingerprint density at radius 1 is 1.60 bits per heavy atom. The first-order valence-electron chi connectivity index (χ1n) is 5.39. The maximum Gasteiger partial charge on any atom is 0.234 e. The standard InChI is InChI=1S/C10H17N3O2/c11-7(8(12)14)4-6-5-10(2-1-3-10)13-9(6)15/h6-7H,1-5,11H2,(H2,12,14)(H,13,15). The molecule has 5 nitrogen and oxygen atoms in total. The number of hydrogen-bond acceptors (Lipinski definition) is 3. The highest BCUT2D eigenvalue weighted by Crippen LogP contribution is 2.42. The zero-order valence-corrected chi connectivity index (χ0v) is 8.66. The number of hydrogen-bond donors (Lipinski definition) is 3. The van der Waals surface area contributed by atoms with Crippen molar-refractivity contribution in [1.29, 1.82) is 0 Å². The lowest BCUT2D eigenvalue weighted by atomic mass is 9.74. The van der Waals surface area contributed by atoms with E-state index in [9.17, 15) is 9.59 Å². The van der Waals surface area contributed by atoms with Gasteiger partial charge in [0.05, 0.1) is 6.04 Å². The molecule has 1 saturated heterocycles. The van der Waals surface area contributed by atoms with E-state index in [1.807, 2.05) is 0 Å². The molecule has 1 saturated carbocycles. The topological polar surface area (TPSA) is 98.2 Å². The van der Waals surface area contributed by atoms with E-state index in [4.69, 9.17) is 11.5 Å². The van der Waals surface area contributed by atoms with Crippen LogP contribution in [-0.4, -0.2) is 23.4 Å². The molecular formula is C10H17N3O2. The molecule has 1 spiro atoms. The van der Waals surface area contributed by atoms with Gasteiger partial charge in [-0.15, -0.1) is 0 Å². The Hall–Kier alpha value is -1.10. The lowest BCUT2D eigenvalue weighted by Gasteiger charge is -2.38. The molecule has 84 valence electrons. The van der Waals surface area contributed by atoms with E-state index in [-0.39, 0.29) is 17.4 Å². The zero-order valence-electron chi connectivity index (χ0n) is 8.66. The van der Waals surface area contributed by atoms with Gasteiger partial charge in [-0.2, -0.15) is 0 Å². The van der Waals surface area contributed by atoms with Crippen molar-refractivity contribution in [3.8, 4) is 0 Å². The van der Waals surface area contributed by atoms with Crippen molar-refractivity contribution in [3.63, 3.8) is 0 Å². The summed E-state index contributed by atoms with van der Waals surface area (Å²) in [4.78, 5) is 22.4. The summed E-state index contributed by atoms with van der Waals surface area (Å²) in [5.41, 5.74) is 10.7. The second kappa shape index (κ2) is 3.48. The lowest BCUT2D eigenvalue weighted by Crippen LogP contribution is -2.47. The molecule has 15 heavy (non-hydrogen) atoms. The van der Waals surface area contributed by atoms with E-state index < -0.39 is 11.9 Å². The van der Waals surface area contributed by atoms with Crippen molar-refractivity contribution in [2.75, 3.05) is 0 Å². The van der Waals surface area contributed by atoms with Crippen LogP contribution in [0.1, 0.15) is 32.1 Å². The fourth-order valence-corrected chi connectivity index (χ4v) is 2.52. The van der Waals surface area contributed by atoms with Gasteiger partial charge in [0.2, 0.25) is 11.8 Å². The quantitative estimate of drug-likeness (QED) is 0.572. The normalized spacial score (nSPS) is 29.7. The van der Waals surface area contributed by atoms with Crippen molar-refractivity contribution in [2.24, 2.45) is 17.4 Å². The second-order valence-corrected chi connectivity index (χ2v) is 4.77. The van der Waals surface area contributed by atoms with Crippen molar-refractivity contribution in [2.45, 2.75) is 43.7 Å². The van der Waals surface area contributed by atoms with E-state index in [1.165, 1.54) is 6.42 Å². The van der Waals surface area contributed by atoms with Gasteiger partial charge in [-0.3, -0.25) is 9.59 Å². The predicted octanol–water partition coefficient (Wildman–Crippen LogP) is -0.752. The summed E-state index contributed by atoms with van der Waals surface area (Å²) in [5, 5.41) is 3.01. The molecule has 0 bridgehead atoms. The van der Waals surface area contributed by atoms with Crippen LogP contribution < -0.4 is 16.8 Å². The highest BCUT2D eigenvalue weighted by atomic mass is 16.2. The number of amides is 2. The van der Waals surface area contributed by atoms with Gasteiger partial charge < -0.3 is 16.8 Å². The molecule has 1 heterocycles. The second-order valence-electron chi connectivity index (χ2n) is 4.77. The van der Waals surface area contributed by atoms with E-state index >= 15 is 0 Å². The molecule has 0 aromatic rings. The van der Waals surface area contributed by atoms with Crippen molar-refractivity contribution < 1.29 is 9.59 Å². The summed E-state index contributed by atoms with van der Waals surface area (Å²) in [6, 6.07) is -0.698. The van der Waals surface area contributed by atoms with E-state index in [2.05, 4.69) is 5.32 Å². The lowest BCUT2D eigenvalue weighted by molar-refractivity contribution is -0.124. The van der Waals surface area contributed by atoms with Crippen molar-refractivity contribution in [3.05, 3.63) is 0 Å². The fourth-order valence-electron chi connectivity index (χ4n) is 2.52. The first-order valence-corrected chi connectivity index (χ1v) is 5.39. The molecule has 2 atom stereocenters. The Morgan fingerprint density at radius 3 is 2.67 bits per heavy atom. The smallest absolute Gasteiger partial charge is 0.234 e. The Balaban J connectivity index is 1.93. The number of nitrogens with two attached hydrogens (primary N) is 2. The molecule has 1 aliphatic carbocycles. The van der Waals surface area contributed by atoms with Crippen LogP contribution in [0.15, 0.2) is 0 Å². The third-order valence-corrected chi connectivity index (χ3v) is 3.61. The largest absolute Gasteiger partial charge is 0.368 e. The third-order valence-electron chi connectivity index (χ3n) is 3.61. The summed E-state index contributed by atoms with van der Waals surface area (Å²) < 4.78 is 0. The molecule has 1 aliphatic heterocycles. The van der Waals surface area contributed by atoms with Gasteiger partial charge in [0.1, 0.15) is 0 Å². The average molecular weight is 211 g/mol. The van der Waals surface area contributed by atoms with Gasteiger partial charge >= 0.3 is 0 Å². The first-order chi connectivity index (χ1) is 7.02. The average Bonchev–Trinajstić information content (AvgIpc) is 2.43. The van der Waals surface area contributed by atoms with Crippen LogP contribution >= 0.6 is 0 Å². The molecule has 5 heteroatoms. The minimum absolute atomic E-state index is 0.0269. The van der Waals surface area contributed by atoms with Gasteiger partial charge in [0.25, 0.3) is 0 Å². The van der Waals surface area contributed by atoms with Crippen LogP contribution in [0.25, 0.3) is 0 Å². The Morgan fingerprint density at radius 2 is 2.27 bits per heavy atom. The molecule has 2 aliphatic rings. The third kappa shape index (κ3) is 1.84. The fraction of sp³-hybridized carbons (Fsp3) is 0.800. The maximum atomic E-state index is 11.6. The van der Waals surface area contributed by atoms with Crippen LogP contribution in [0.2, 0.25) is 0 Å².